The van der Waals surface area contributed by atoms with Gasteiger partial charge in [0.05, 0.1) is 17.6 Å². The van der Waals surface area contributed by atoms with Crippen LogP contribution in [0.1, 0.15) is 36.1 Å². The number of aromatic nitrogens is 3. The first-order chi connectivity index (χ1) is 19.2. The van der Waals surface area contributed by atoms with Crippen LogP contribution < -0.4 is 5.73 Å². The zero-order valence-electron chi connectivity index (χ0n) is 22.6. The minimum Gasteiger partial charge on any atom is -0.442 e. The van der Waals surface area contributed by atoms with Crippen LogP contribution in [0.4, 0.5) is 27.8 Å². The van der Waals surface area contributed by atoms with Crippen molar-refractivity contribution in [2.75, 3.05) is 39.0 Å². The van der Waals surface area contributed by atoms with Crippen molar-refractivity contribution in [1.29, 1.82) is 0 Å². The van der Waals surface area contributed by atoms with Crippen LogP contribution in [0, 0.1) is 12.8 Å². The van der Waals surface area contributed by atoms with Gasteiger partial charge in [0, 0.05) is 55.3 Å². The summed E-state index contributed by atoms with van der Waals surface area (Å²) >= 11 is 0. The van der Waals surface area contributed by atoms with Crippen molar-refractivity contribution in [3.8, 4) is 11.3 Å². The molecule has 2 fully saturated rings. The maximum atomic E-state index is 14.1. The van der Waals surface area contributed by atoms with Crippen molar-refractivity contribution in [2.24, 2.45) is 5.92 Å². The third-order valence-electron chi connectivity index (χ3n) is 7.88. The van der Waals surface area contributed by atoms with Crippen LogP contribution in [0.5, 0.6) is 0 Å². The molecule has 0 radical (unpaired) electrons. The van der Waals surface area contributed by atoms with E-state index in [9.17, 15) is 31.5 Å². The number of ether oxygens (including phenoxy) is 1. The number of nitrogens with zero attached hydrogens (tertiary/aromatic N) is 5. The number of esters is 1. The number of likely N-dealkylation sites (N-methyl/N-ethyl adjacent to an activating group) is 1. The molecule has 1 aliphatic carbocycles. The molecule has 220 valence electrons. The zero-order valence-corrected chi connectivity index (χ0v) is 22.6. The summed E-state index contributed by atoms with van der Waals surface area (Å²) in [5, 5.41) is 0. The summed E-state index contributed by atoms with van der Waals surface area (Å²) in [6.07, 6.45) is -5.15. The summed E-state index contributed by atoms with van der Waals surface area (Å²) in [5.74, 6) is -2.92. The molecule has 2 N–H and O–H groups in total. The van der Waals surface area contributed by atoms with Crippen LogP contribution in [0.2, 0.25) is 0 Å². The lowest BCUT2D eigenvalue weighted by Gasteiger charge is -2.32. The Morgan fingerprint density at radius 3 is 2.46 bits per heavy atom. The van der Waals surface area contributed by atoms with Gasteiger partial charge < -0.3 is 20.3 Å². The molecule has 0 bridgehead atoms. The first-order valence-corrected chi connectivity index (χ1v) is 13.0. The average molecular weight is 581 g/mol. The maximum Gasteiger partial charge on any atom is 0.490 e. The summed E-state index contributed by atoms with van der Waals surface area (Å²) in [6.45, 7) is 5.34. The van der Waals surface area contributed by atoms with E-state index >= 15 is 0 Å². The second kappa shape index (κ2) is 10.2. The standard InChI is InChI=1S/C27H29F5N6O3/c1-14-4-5-15(26(2,24(28)29)41-25(40)27(30,31)32)10-16(14)20-12-34-22-21(33)35-19(13-38(20)22)17-11-18(17)23(39)37-8-6-36(3)7-9-37/h4-5,10,12-13,17-18,24H,6-9,11H2,1-3H3,(H2,33,35). The monoisotopic (exact) mass is 580 g/mol. The molecule has 1 aromatic carbocycles. The van der Waals surface area contributed by atoms with Gasteiger partial charge in [-0.05, 0) is 38.9 Å². The Labute approximate surface area is 232 Å². The van der Waals surface area contributed by atoms with E-state index in [1.807, 2.05) is 11.9 Å². The van der Waals surface area contributed by atoms with Crippen molar-refractivity contribution < 1.29 is 36.3 Å². The van der Waals surface area contributed by atoms with Crippen molar-refractivity contribution in [3.05, 3.63) is 47.4 Å². The summed E-state index contributed by atoms with van der Waals surface area (Å²) < 4.78 is 72.7. The Morgan fingerprint density at radius 2 is 1.83 bits per heavy atom. The van der Waals surface area contributed by atoms with E-state index in [0.717, 1.165) is 20.0 Å². The third-order valence-corrected chi connectivity index (χ3v) is 7.88. The number of benzene rings is 1. The van der Waals surface area contributed by atoms with Crippen LogP contribution in [0.15, 0.2) is 30.6 Å². The largest absolute Gasteiger partial charge is 0.490 e. The SMILES string of the molecule is Cc1ccc(C(C)(OC(=O)C(F)(F)F)C(F)F)cc1-c1cnc2c(N)nc(C3CC3C(=O)N3CCN(C)CC3)cn12. The highest BCUT2D eigenvalue weighted by molar-refractivity contribution is 5.83. The van der Waals surface area contributed by atoms with E-state index in [1.165, 1.54) is 24.4 Å². The number of nitrogen functional groups attached to an aromatic ring is 1. The Balaban J connectivity index is 1.48. The Morgan fingerprint density at radius 1 is 1.15 bits per heavy atom. The molecule has 5 rings (SSSR count). The van der Waals surface area contributed by atoms with Gasteiger partial charge >= 0.3 is 12.1 Å². The Bertz CT molecular complexity index is 1500. The molecule has 3 aromatic rings. The van der Waals surface area contributed by atoms with E-state index in [1.54, 1.807) is 17.5 Å². The molecule has 1 aliphatic heterocycles. The van der Waals surface area contributed by atoms with Gasteiger partial charge in [0.2, 0.25) is 5.91 Å². The van der Waals surface area contributed by atoms with E-state index in [-0.39, 0.29) is 34.8 Å². The molecular formula is C27H29F5N6O3. The third kappa shape index (κ3) is 5.32. The molecule has 3 unspecified atom stereocenters. The molecular weight excluding hydrogens is 551 g/mol. The molecule has 41 heavy (non-hydrogen) atoms. The maximum absolute atomic E-state index is 14.1. The number of alkyl halides is 5. The highest BCUT2D eigenvalue weighted by atomic mass is 19.4. The summed E-state index contributed by atoms with van der Waals surface area (Å²) in [6, 6.07) is 3.89. The number of anilines is 1. The van der Waals surface area contributed by atoms with Crippen molar-refractivity contribution in [1.82, 2.24) is 24.2 Å². The number of imidazole rings is 1. The number of fused-ring (bicyclic) bond motifs is 1. The fraction of sp³-hybridized carbons (Fsp3) is 0.481. The number of amides is 1. The minimum atomic E-state index is -5.45. The van der Waals surface area contributed by atoms with Crippen LogP contribution in [-0.4, -0.2) is 81.9 Å². The minimum absolute atomic E-state index is 0.0673. The van der Waals surface area contributed by atoms with Gasteiger partial charge in [0.15, 0.2) is 17.1 Å². The summed E-state index contributed by atoms with van der Waals surface area (Å²) in [4.78, 5) is 37.4. The van der Waals surface area contributed by atoms with E-state index in [0.29, 0.717) is 42.0 Å². The van der Waals surface area contributed by atoms with Gasteiger partial charge in [-0.1, -0.05) is 12.1 Å². The zero-order chi connectivity index (χ0) is 29.9. The molecule has 1 saturated heterocycles. The van der Waals surface area contributed by atoms with Crippen LogP contribution in [0.3, 0.4) is 0 Å². The lowest BCUT2D eigenvalue weighted by Crippen LogP contribution is -2.47. The summed E-state index contributed by atoms with van der Waals surface area (Å²) in [5.41, 5.74) is 5.25. The Kier molecular flexibility index (Phi) is 7.16. The van der Waals surface area contributed by atoms with E-state index in [4.69, 9.17) is 5.73 Å². The number of hydrogen-bond acceptors (Lipinski definition) is 7. The van der Waals surface area contributed by atoms with E-state index in [2.05, 4.69) is 19.6 Å². The molecule has 0 spiro atoms. The molecule has 1 saturated carbocycles. The number of aryl methyl sites for hydroxylation is 1. The first-order valence-electron chi connectivity index (χ1n) is 13.0. The number of hydrogen-bond donors (Lipinski definition) is 1. The quantitative estimate of drug-likeness (QED) is 0.350. The van der Waals surface area contributed by atoms with Crippen LogP contribution in [-0.2, 0) is 19.9 Å². The van der Waals surface area contributed by atoms with E-state index < -0.39 is 24.2 Å². The first kappa shape index (κ1) is 28.7. The molecule has 1 amide bonds. The van der Waals surface area contributed by atoms with Gasteiger partial charge in [-0.2, -0.15) is 13.2 Å². The number of piperazine rings is 1. The van der Waals surface area contributed by atoms with Crippen LogP contribution >= 0.6 is 0 Å². The van der Waals surface area contributed by atoms with Gasteiger partial charge in [0.25, 0.3) is 6.43 Å². The molecule has 3 atom stereocenters. The molecule has 2 aromatic heterocycles. The van der Waals surface area contributed by atoms with Gasteiger partial charge in [-0.25, -0.2) is 23.5 Å². The second-order valence-electron chi connectivity index (χ2n) is 10.8. The molecule has 2 aliphatic rings. The average Bonchev–Trinajstić information content (AvgIpc) is 3.60. The smallest absolute Gasteiger partial charge is 0.442 e. The van der Waals surface area contributed by atoms with Crippen molar-refractivity contribution >= 4 is 23.3 Å². The predicted octanol–water partition coefficient (Wildman–Crippen LogP) is 3.75. The number of carbonyl (C=O) groups is 2. The number of nitrogens with two attached hydrogens (primary N) is 1. The fourth-order valence-corrected chi connectivity index (χ4v) is 5.15. The van der Waals surface area contributed by atoms with Crippen molar-refractivity contribution in [2.45, 2.75) is 44.4 Å². The lowest BCUT2D eigenvalue weighted by molar-refractivity contribution is -0.226. The number of halogens is 5. The fourth-order valence-electron chi connectivity index (χ4n) is 5.15. The van der Waals surface area contributed by atoms with Crippen molar-refractivity contribution in [3.63, 3.8) is 0 Å². The normalized spacial score (nSPS) is 21.2. The Hall–Kier alpha value is -3.81. The molecule has 9 nitrogen and oxygen atoms in total. The second-order valence-corrected chi connectivity index (χ2v) is 10.8. The number of carbonyl (C=O) groups excluding carboxylic acids is 2. The predicted molar refractivity (Wildman–Crippen MR) is 138 cm³/mol. The molecule has 14 heteroatoms. The lowest BCUT2D eigenvalue weighted by atomic mass is 9.91. The highest BCUT2D eigenvalue weighted by Crippen LogP contribution is 2.48. The topological polar surface area (TPSA) is 106 Å². The summed E-state index contributed by atoms with van der Waals surface area (Å²) in [7, 11) is 2.01. The van der Waals surface area contributed by atoms with Gasteiger partial charge in [-0.15, -0.1) is 0 Å². The van der Waals surface area contributed by atoms with Gasteiger partial charge in [0.1, 0.15) is 0 Å². The number of rotatable bonds is 6. The van der Waals surface area contributed by atoms with Gasteiger partial charge in [-0.3, -0.25) is 9.20 Å². The highest BCUT2D eigenvalue weighted by Gasteiger charge is 2.50. The van der Waals surface area contributed by atoms with Crippen LogP contribution in [0.25, 0.3) is 16.9 Å². The molecule has 3 heterocycles.